The molecule has 0 atom stereocenters. The molecule has 0 aliphatic heterocycles. The van der Waals surface area contributed by atoms with Gasteiger partial charge in [-0.05, 0) is 0 Å². The predicted octanol–water partition coefficient (Wildman–Crippen LogP) is 2.13. The van der Waals surface area contributed by atoms with Gasteiger partial charge >= 0.3 is 5.97 Å². The first kappa shape index (κ1) is 14.3. The maximum Gasteiger partial charge on any atom is 0.316 e. The van der Waals surface area contributed by atoms with Crippen LogP contribution in [0.2, 0.25) is 0 Å². The van der Waals surface area contributed by atoms with E-state index in [-0.39, 0.29) is 12.8 Å². The summed E-state index contributed by atoms with van der Waals surface area (Å²) in [4.78, 5) is 11.2. The van der Waals surface area contributed by atoms with Crippen molar-refractivity contribution in [2.75, 3.05) is 14.2 Å². The maximum absolute atomic E-state index is 14.0. The van der Waals surface area contributed by atoms with Crippen molar-refractivity contribution in [2.24, 2.45) is 11.3 Å². The Hall–Kier alpha value is -0.750. The van der Waals surface area contributed by atoms with E-state index in [9.17, 15) is 13.6 Å². The third-order valence-corrected chi connectivity index (χ3v) is 3.66. The number of rotatable bonds is 5. The molecule has 1 N–H and O–H groups in total. The maximum atomic E-state index is 14.0. The highest BCUT2D eigenvalue weighted by Gasteiger charge is 2.72. The molecule has 1 saturated carbocycles. The summed E-state index contributed by atoms with van der Waals surface area (Å²) in [6.07, 6.45) is -0.680. The molecule has 100 valence electrons. The van der Waals surface area contributed by atoms with Crippen molar-refractivity contribution < 1.29 is 28.2 Å². The van der Waals surface area contributed by atoms with Crippen molar-refractivity contribution in [1.29, 1.82) is 0 Å². The molecule has 1 fully saturated rings. The topological polar surface area (TPSA) is 55.8 Å². The lowest BCUT2D eigenvalue weighted by Gasteiger charge is -2.55. The molecule has 17 heavy (non-hydrogen) atoms. The van der Waals surface area contributed by atoms with Crippen LogP contribution < -0.4 is 0 Å². The van der Waals surface area contributed by atoms with Gasteiger partial charge in [0.1, 0.15) is 5.41 Å². The first-order chi connectivity index (χ1) is 7.67. The average Bonchev–Trinajstić information content (AvgIpc) is 2.17. The van der Waals surface area contributed by atoms with Gasteiger partial charge in [0.15, 0.2) is 5.79 Å². The number of carboxylic acid groups (broad SMARTS) is 1. The van der Waals surface area contributed by atoms with Crippen LogP contribution in [0.4, 0.5) is 8.78 Å². The largest absolute Gasteiger partial charge is 0.481 e. The molecule has 0 radical (unpaired) electrons. The molecule has 0 bridgehead atoms. The third kappa shape index (κ3) is 1.83. The summed E-state index contributed by atoms with van der Waals surface area (Å²) in [6.45, 7) is 2.62. The Kier molecular flexibility index (Phi) is 3.51. The molecule has 0 unspecified atom stereocenters. The van der Waals surface area contributed by atoms with Crippen LogP contribution in [0.5, 0.6) is 0 Å². The van der Waals surface area contributed by atoms with E-state index in [2.05, 4.69) is 0 Å². The average molecular weight is 252 g/mol. The molecule has 0 saturated heterocycles. The van der Waals surface area contributed by atoms with Gasteiger partial charge in [-0.15, -0.1) is 0 Å². The lowest BCUT2D eigenvalue weighted by molar-refractivity contribution is -0.337. The molecule has 0 aromatic rings. The van der Waals surface area contributed by atoms with Crippen molar-refractivity contribution in [1.82, 2.24) is 0 Å². The summed E-state index contributed by atoms with van der Waals surface area (Å²) in [5.41, 5.74) is -2.09. The smallest absolute Gasteiger partial charge is 0.316 e. The number of halogens is 2. The minimum Gasteiger partial charge on any atom is -0.481 e. The molecule has 1 rings (SSSR count). The number of aliphatic carboxylic acids is 1. The van der Waals surface area contributed by atoms with Crippen LogP contribution in [-0.2, 0) is 14.3 Å². The summed E-state index contributed by atoms with van der Waals surface area (Å²) in [6, 6.07) is 0. The highest BCUT2D eigenvalue weighted by Crippen LogP contribution is 2.60. The quantitative estimate of drug-likeness (QED) is 0.761. The van der Waals surface area contributed by atoms with Crippen molar-refractivity contribution >= 4 is 5.97 Å². The second-order valence-electron chi connectivity index (χ2n) is 4.84. The number of ether oxygens (including phenoxy) is 2. The summed E-state index contributed by atoms with van der Waals surface area (Å²) in [7, 11) is 2.64. The van der Waals surface area contributed by atoms with E-state index in [1.165, 1.54) is 28.1 Å². The van der Waals surface area contributed by atoms with Gasteiger partial charge in [0.05, 0.1) is 0 Å². The molecular weight excluding hydrogens is 234 g/mol. The summed E-state index contributed by atoms with van der Waals surface area (Å²) in [5, 5.41) is 9.10. The van der Waals surface area contributed by atoms with E-state index in [0.717, 1.165) is 0 Å². The van der Waals surface area contributed by atoms with Crippen molar-refractivity contribution in [3.8, 4) is 0 Å². The first-order valence-electron chi connectivity index (χ1n) is 5.39. The van der Waals surface area contributed by atoms with Gasteiger partial charge in [-0.25, -0.2) is 8.78 Å². The summed E-state index contributed by atoms with van der Waals surface area (Å²) < 4.78 is 38.0. The summed E-state index contributed by atoms with van der Waals surface area (Å²) in [5.74, 6) is -7.04. The van der Waals surface area contributed by atoms with Gasteiger partial charge in [0.2, 0.25) is 0 Å². The highest BCUT2D eigenvalue weighted by molar-refractivity contribution is 5.78. The van der Waals surface area contributed by atoms with E-state index < -0.39 is 29.0 Å². The van der Waals surface area contributed by atoms with E-state index in [1.807, 2.05) is 0 Å². The minimum absolute atomic E-state index is 0.340. The number of hydrogen-bond donors (Lipinski definition) is 1. The van der Waals surface area contributed by atoms with Crippen LogP contribution >= 0.6 is 0 Å². The Morgan fingerprint density at radius 2 is 1.71 bits per heavy atom. The van der Waals surface area contributed by atoms with Crippen molar-refractivity contribution in [3.05, 3.63) is 0 Å². The fourth-order valence-corrected chi connectivity index (χ4v) is 2.32. The fraction of sp³-hybridized carbons (Fsp3) is 0.909. The Morgan fingerprint density at radius 1 is 1.29 bits per heavy atom. The Morgan fingerprint density at radius 3 is 1.94 bits per heavy atom. The minimum atomic E-state index is -3.29. The zero-order chi connectivity index (χ0) is 13.5. The standard InChI is InChI=1S/C11H18F2O4/c1-7(2)11(12,13)9(8(14)15)5-10(6-9,16-3)17-4/h7H,5-6H2,1-4H3,(H,14,15). The number of carbonyl (C=O) groups is 1. The number of hydrogen-bond acceptors (Lipinski definition) is 3. The number of alkyl halides is 2. The van der Waals surface area contributed by atoms with Crippen LogP contribution in [0.25, 0.3) is 0 Å². The van der Waals surface area contributed by atoms with Crippen LogP contribution in [0.1, 0.15) is 26.7 Å². The van der Waals surface area contributed by atoms with Gasteiger partial charge in [0.25, 0.3) is 5.92 Å². The van der Waals surface area contributed by atoms with Crippen LogP contribution in [0.3, 0.4) is 0 Å². The second kappa shape index (κ2) is 4.17. The lowest BCUT2D eigenvalue weighted by atomic mass is 9.58. The number of methoxy groups -OCH3 is 2. The molecule has 0 spiro atoms. The van der Waals surface area contributed by atoms with Crippen LogP contribution in [0, 0.1) is 11.3 Å². The van der Waals surface area contributed by atoms with Crippen molar-refractivity contribution in [2.45, 2.75) is 38.4 Å². The highest BCUT2D eigenvalue weighted by atomic mass is 19.3. The van der Waals surface area contributed by atoms with Gasteiger partial charge in [0, 0.05) is 33.0 Å². The zero-order valence-corrected chi connectivity index (χ0v) is 10.4. The molecule has 1 aliphatic carbocycles. The Balaban J connectivity index is 3.03. The van der Waals surface area contributed by atoms with Gasteiger partial charge in [-0.1, -0.05) is 13.8 Å². The van der Waals surface area contributed by atoms with Crippen LogP contribution in [-0.4, -0.2) is 37.0 Å². The van der Waals surface area contributed by atoms with Gasteiger partial charge < -0.3 is 14.6 Å². The zero-order valence-electron chi connectivity index (χ0n) is 10.4. The van der Waals surface area contributed by atoms with E-state index >= 15 is 0 Å². The molecular formula is C11H18F2O4. The normalized spacial score (nSPS) is 22.3. The molecule has 0 aromatic heterocycles. The van der Waals surface area contributed by atoms with Crippen LogP contribution in [0.15, 0.2) is 0 Å². The van der Waals surface area contributed by atoms with E-state index in [1.54, 1.807) is 0 Å². The van der Waals surface area contributed by atoms with E-state index in [0.29, 0.717) is 0 Å². The van der Waals surface area contributed by atoms with Crippen molar-refractivity contribution in [3.63, 3.8) is 0 Å². The molecule has 0 heterocycles. The molecule has 0 amide bonds. The molecule has 1 aliphatic rings. The lowest BCUT2D eigenvalue weighted by Crippen LogP contribution is -2.66. The van der Waals surface area contributed by atoms with E-state index in [4.69, 9.17) is 14.6 Å². The first-order valence-corrected chi connectivity index (χ1v) is 5.39. The second-order valence-corrected chi connectivity index (χ2v) is 4.84. The Bertz CT molecular complexity index is 303. The Labute approximate surface area is 98.9 Å². The monoisotopic (exact) mass is 252 g/mol. The SMILES string of the molecule is COC1(OC)CC(C(=O)O)(C(F)(F)C(C)C)C1. The molecule has 4 nitrogen and oxygen atoms in total. The molecule has 0 aromatic carbocycles. The fourth-order valence-electron chi connectivity index (χ4n) is 2.32. The van der Waals surface area contributed by atoms with Gasteiger partial charge in [-0.3, -0.25) is 4.79 Å². The summed E-state index contributed by atoms with van der Waals surface area (Å²) >= 11 is 0. The molecule has 6 heteroatoms. The predicted molar refractivity (Wildman–Crippen MR) is 55.8 cm³/mol. The van der Waals surface area contributed by atoms with Gasteiger partial charge in [-0.2, -0.15) is 0 Å². The third-order valence-electron chi connectivity index (χ3n) is 3.66. The number of carboxylic acids is 1.